The highest BCUT2D eigenvalue weighted by atomic mass is 35.5. The van der Waals surface area contributed by atoms with Crippen molar-refractivity contribution in [1.29, 1.82) is 0 Å². The van der Waals surface area contributed by atoms with Crippen LogP contribution in [0.5, 0.6) is 0 Å². The Morgan fingerprint density at radius 3 is 2.90 bits per heavy atom. The second-order valence-corrected chi connectivity index (χ2v) is 5.25. The first-order valence-electron chi connectivity index (χ1n) is 5.91. The highest BCUT2D eigenvalue weighted by molar-refractivity contribution is 6.35. The van der Waals surface area contributed by atoms with Crippen molar-refractivity contribution in [1.82, 2.24) is 19.7 Å². The number of nitrogens with one attached hydrogen (secondary N) is 1. The third-order valence-corrected chi connectivity index (χ3v) is 3.63. The minimum absolute atomic E-state index is 0.194. The molecule has 2 heterocycles. The molecule has 0 aliphatic rings. The first-order valence-corrected chi connectivity index (χ1v) is 6.66. The van der Waals surface area contributed by atoms with Gasteiger partial charge in [-0.25, -0.2) is 9.67 Å². The largest absolute Gasteiger partial charge is 0.312 e. The maximum absolute atomic E-state index is 11.8. The smallest absolute Gasteiger partial charge is 0.262 e. The minimum Gasteiger partial charge on any atom is -0.312 e. The number of nitrogens with zero attached hydrogens (tertiary/aromatic N) is 3. The lowest BCUT2D eigenvalue weighted by Gasteiger charge is -2.05. The lowest BCUT2D eigenvalue weighted by Crippen LogP contribution is -2.08. The average Bonchev–Trinajstić information content (AvgIpc) is 2.71. The molecule has 3 aromatic rings. The third-order valence-electron chi connectivity index (χ3n) is 3.05. The van der Waals surface area contributed by atoms with Crippen LogP contribution in [0.1, 0.15) is 11.3 Å². The summed E-state index contributed by atoms with van der Waals surface area (Å²) in [7, 11) is 0. The number of halogens is 2. The van der Waals surface area contributed by atoms with Crippen molar-refractivity contribution < 1.29 is 0 Å². The number of hydrogen-bond donors (Lipinski definition) is 1. The van der Waals surface area contributed by atoms with Gasteiger partial charge in [-0.3, -0.25) is 4.79 Å². The zero-order valence-electron chi connectivity index (χ0n) is 10.5. The summed E-state index contributed by atoms with van der Waals surface area (Å²) >= 11 is 12.0. The summed E-state index contributed by atoms with van der Waals surface area (Å²) in [6.45, 7) is 2.20. The van der Waals surface area contributed by atoms with E-state index in [1.54, 1.807) is 23.7 Å². The molecule has 2 aromatic heterocycles. The number of benzene rings is 1. The Morgan fingerprint density at radius 2 is 2.15 bits per heavy atom. The lowest BCUT2D eigenvalue weighted by molar-refractivity contribution is 0.695. The molecule has 0 saturated heterocycles. The fourth-order valence-corrected chi connectivity index (χ4v) is 2.58. The van der Waals surface area contributed by atoms with Crippen LogP contribution < -0.4 is 5.56 Å². The number of fused-ring (bicyclic) bond motifs is 1. The van der Waals surface area contributed by atoms with E-state index in [0.29, 0.717) is 33.3 Å². The zero-order chi connectivity index (χ0) is 14.3. The topological polar surface area (TPSA) is 63.6 Å². The van der Waals surface area contributed by atoms with E-state index >= 15 is 0 Å². The summed E-state index contributed by atoms with van der Waals surface area (Å²) in [6.07, 6.45) is 1.37. The standard InChI is InChI=1S/C13H10Cl2N4O/c1-7-11-12(16-6-17-13(11)20)19(18-7)5-8-2-3-9(14)4-10(8)15/h2-4,6H,5H2,1H3,(H,16,17,20). The van der Waals surface area contributed by atoms with Crippen LogP contribution in [0.3, 0.4) is 0 Å². The van der Waals surface area contributed by atoms with Crippen LogP contribution in [-0.2, 0) is 6.54 Å². The maximum Gasteiger partial charge on any atom is 0.262 e. The van der Waals surface area contributed by atoms with Crippen LogP contribution in [0.15, 0.2) is 29.3 Å². The van der Waals surface area contributed by atoms with Crippen LogP contribution in [0.2, 0.25) is 10.0 Å². The van der Waals surface area contributed by atoms with Gasteiger partial charge < -0.3 is 4.98 Å². The number of rotatable bonds is 2. The van der Waals surface area contributed by atoms with Gasteiger partial charge in [0.15, 0.2) is 5.65 Å². The quantitative estimate of drug-likeness (QED) is 0.791. The maximum atomic E-state index is 11.8. The molecule has 1 aromatic carbocycles. The molecule has 7 heteroatoms. The zero-order valence-corrected chi connectivity index (χ0v) is 12.0. The molecule has 0 unspecified atom stereocenters. The minimum atomic E-state index is -0.194. The van der Waals surface area contributed by atoms with Gasteiger partial charge in [-0.1, -0.05) is 29.3 Å². The Morgan fingerprint density at radius 1 is 1.35 bits per heavy atom. The second-order valence-electron chi connectivity index (χ2n) is 4.41. The Kier molecular flexibility index (Phi) is 3.23. The van der Waals surface area contributed by atoms with E-state index in [2.05, 4.69) is 15.1 Å². The third kappa shape index (κ3) is 2.19. The van der Waals surface area contributed by atoms with Gasteiger partial charge in [0.1, 0.15) is 5.39 Å². The molecule has 0 aliphatic carbocycles. The number of hydrogen-bond acceptors (Lipinski definition) is 3. The van der Waals surface area contributed by atoms with E-state index in [4.69, 9.17) is 23.2 Å². The molecule has 5 nitrogen and oxygen atoms in total. The van der Waals surface area contributed by atoms with Crippen LogP contribution >= 0.6 is 23.2 Å². The van der Waals surface area contributed by atoms with Crippen LogP contribution in [0.4, 0.5) is 0 Å². The molecule has 0 bridgehead atoms. The van der Waals surface area contributed by atoms with E-state index in [0.717, 1.165) is 5.56 Å². The Balaban J connectivity index is 2.12. The Hall–Kier alpha value is -1.85. The first kappa shape index (κ1) is 13.1. The molecule has 3 rings (SSSR count). The summed E-state index contributed by atoms with van der Waals surface area (Å²) < 4.78 is 1.66. The van der Waals surface area contributed by atoms with Gasteiger partial charge in [-0.05, 0) is 24.6 Å². The molecular formula is C13H10Cl2N4O. The fraction of sp³-hybridized carbons (Fsp3) is 0.154. The summed E-state index contributed by atoms with van der Waals surface area (Å²) in [5.41, 5.74) is 1.85. The lowest BCUT2D eigenvalue weighted by atomic mass is 10.2. The van der Waals surface area contributed by atoms with Crippen molar-refractivity contribution in [2.24, 2.45) is 0 Å². The number of H-pyrrole nitrogens is 1. The van der Waals surface area contributed by atoms with E-state index in [1.165, 1.54) is 6.33 Å². The van der Waals surface area contributed by atoms with Crippen LogP contribution in [0.25, 0.3) is 11.0 Å². The molecule has 102 valence electrons. The van der Waals surface area contributed by atoms with Crippen LogP contribution in [-0.4, -0.2) is 19.7 Å². The predicted octanol–water partition coefficient (Wildman–Crippen LogP) is 2.78. The van der Waals surface area contributed by atoms with Crippen molar-refractivity contribution >= 4 is 34.2 Å². The Bertz CT molecular complexity index is 853. The van der Waals surface area contributed by atoms with Crippen molar-refractivity contribution in [3.8, 4) is 0 Å². The van der Waals surface area contributed by atoms with E-state index in [9.17, 15) is 4.79 Å². The fourth-order valence-electron chi connectivity index (χ4n) is 2.11. The summed E-state index contributed by atoms with van der Waals surface area (Å²) in [6, 6.07) is 5.28. The summed E-state index contributed by atoms with van der Waals surface area (Å²) in [5.74, 6) is 0. The second kappa shape index (κ2) is 4.92. The molecule has 0 spiro atoms. The summed E-state index contributed by atoms with van der Waals surface area (Å²) in [4.78, 5) is 18.5. The molecule has 0 aliphatic heterocycles. The molecule has 0 radical (unpaired) electrons. The number of aromatic nitrogens is 4. The van der Waals surface area contributed by atoms with Gasteiger partial charge >= 0.3 is 0 Å². The molecular weight excluding hydrogens is 299 g/mol. The van der Waals surface area contributed by atoms with Gasteiger partial charge in [0.05, 0.1) is 18.6 Å². The molecule has 0 amide bonds. The van der Waals surface area contributed by atoms with Crippen molar-refractivity contribution in [2.45, 2.75) is 13.5 Å². The van der Waals surface area contributed by atoms with E-state index in [-0.39, 0.29) is 5.56 Å². The SMILES string of the molecule is Cc1nn(Cc2ccc(Cl)cc2Cl)c2nc[nH]c(=O)c12. The first-order chi connectivity index (χ1) is 9.56. The van der Waals surface area contributed by atoms with Crippen molar-refractivity contribution in [2.75, 3.05) is 0 Å². The highest BCUT2D eigenvalue weighted by Crippen LogP contribution is 2.22. The van der Waals surface area contributed by atoms with E-state index in [1.807, 2.05) is 6.07 Å². The predicted molar refractivity (Wildman–Crippen MR) is 78.4 cm³/mol. The van der Waals surface area contributed by atoms with Gasteiger partial charge in [0.2, 0.25) is 0 Å². The average molecular weight is 309 g/mol. The van der Waals surface area contributed by atoms with E-state index < -0.39 is 0 Å². The van der Waals surface area contributed by atoms with Crippen LogP contribution in [0, 0.1) is 6.92 Å². The molecule has 0 fully saturated rings. The van der Waals surface area contributed by atoms with Gasteiger partial charge in [-0.2, -0.15) is 5.10 Å². The molecule has 1 N–H and O–H groups in total. The highest BCUT2D eigenvalue weighted by Gasteiger charge is 2.13. The normalized spacial score (nSPS) is 11.2. The number of aryl methyl sites for hydroxylation is 1. The summed E-state index contributed by atoms with van der Waals surface area (Å²) in [5, 5.41) is 5.99. The van der Waals surface area contributed by atoms with Crippen molar-refractivity contribution in [3.63, 3.8) is 0 Å². The molecule has 20 heavy (non-hydrogen) atoms. The molecule has 0 atom stereocenters. The Labute approximate surface area is 124 Å². The molecule has 0 saturated carbocycles. The van der Waals surface area contributed by atoms with Gasteiger partial charge in [0.25, 0.3) is 5.56 Å². The van der Waals surface area contributed by atoms with Crippen molar-refractivity contribution in [3.05, 3.63) is 56.2 Å². The van der Waals surface area contributed by atoms with Gasteiger partial charge in [-0.15, -0.1) is 0 Å². The van der Waals surface area contributed by atoms with Gasteiger partial charge in [0, 0.05) is 10.0 Å². The number of aromatic amines is 1. The monoisotopic (exact) mass is 308 g/mol.